The van der Waals surface area contributed by atoms with E-state index >= 15 is 0 Å². The van der Waals surface area contributed by atoms with Crippen LogP contribution in [0.1, 0.15) is 24.6 Å². The average molecular weight is 285 g/mol. The summed E-state index contributed by atoms with van der Waals surface area (Å²) in [5, 5.41) is 3.43. The molecule has 0 amide bonds. The molecule has 1 unspecified atom stereocenters. The molecule has 2 aromatic rings. The van der Waals surface area contributed by atoms with Gasteiger partial charge in [0.1, 0.15) is 19.0 Å². The van der Waals surface area contributed by atoms with Crippen molar-refractivity contribution in [3.8, 4) is 22.8 Å². The highest BCUT2D eigenvalue weighted by molar-refractivity contribution is 5.63. The minimum atomic E-state index is 0.490. The minimum Gasteiger partial charge on any atom is -0.486 e. The number of piperidine rings is 1. The molecule has 1 atom stereocenters. The highest BCUT2D eigenvalue weighted by Crippen LogP contribution is 2.34. The van der Waals surface area contributed by atoms with E-state index in [1.165, 1.54) is 12.8 Å². The summed E-state index contributed by atoms with van der Waals surface area (Å²) in [5.41, 5.74) is 2.12. The number of rotatable bonds is 2. The molecule has 1 saturated heterocycles. The normalized spacial score (nSPS) is 21.2. The summed E-state index contributed by atoms with van der Waals surface area (Å²) >= 11 is 0. The van der Waals surface area contributed by atoms with Crippen molar-refractivity contribution in [1.29, 1.82) is 0 Å². The maximum atomic E-state index is 5.64. The maximum absolute atomic E-state index is 5.64. The summed E-state index contributed by atoms with van der Waals surface area (Å²) in [7, 11) is 0. The molecule has 2 aliphatic heterocycles. The van der Waals surface area contributed by atoms with Gasteiger partial charge in [-0.2, -0.15) is 0 Å². The number of imidazole rings is 1. The topological polar surface area (TPSA) is 59.2 Å². The number of H-pyrrole nitrogens is 1. The van der Waals surface area contributed by atoms with Crippen molar-refractivity contribution in [2.24, 2.45) is 0 Å². The van der Waals surface area contributed by atoms with Crippen LogP contribution in [0.2, 0.25) is 0 Å². The van der Waals surface area contributed by atoms with Gasteiger partial charge in [-0.25, -0.2) is 4.98 Å². The zero-order chi connectivity index (χ0) is 14.1. The molecule has 0 bridgehead atoms. The Morgan fingerprint density at radius 1 is 1.14 bits per heavy atom. The highest BCUT2D eigenvalue weighted by atomic mass is 16.6. The fourth-order valence-electron chi connectivity index (χ4n) is 2.99. The molecule has 0 radical (unpaired) electrons. The van der Waals surface area contributed by atoms with Crippen LogP contribution in [0, 0.1) is 0 Å². The van der Waals surface area contributed by atoms with Gasteiger partial charge in [0.05, 0.1) is 11.9 Å². The summed E-state index contributed by atoms with van der Waals surface area (Å²) in [6, 6.07) is 6.03. The molecule has 2 aliphatic rings. The number of aromatic nitrogens is 2. The molecular formula is C16H19N3O2. The van der Waals surface area contributed by atoms with Crippen molar-refractivity contribution < 1.29 is 9.47 Å². The Hall–Kier alpha value is -2.01. The van der Waals surface area contributed by atoms with Gasteiger partial charge in [-0.05, 0) is 37.6 Å². The van der Waals surface area contributed by atoms with E-state index in [1.807, 2.05) is 24.4 Å². The van der Waals surface area contributed by atoms with Gasteiger partial charge in [0.25, 0.3) is 0 Å². The van der Waals surface area contributed by atoms with Gasteiger partial charge >= 0.3 is 0 Å². The molecule has 1 aromatic carbocycles. The molecule has 3 heterocycles. The number of ether oxygens (including phenoxy) is 2. The first-order valence-corrected chi connectivity index (χ1v) is 7.56. The molecule has 21 heavy (non-hydrogen) atoms. The number of benzene rings is 1. The van der Waals surface area contributed by atoms with Crippen LogP contribution in [0.5, 0.6) is 11.5 Å². The molecule has 0 spiro atoms. The summed E-state index contributed by atoms with van der Waals surface area (Å²) in [4.78, 5) is 8.02. The van der Waals surface area contributed by atoms with E-state index in [1.54, 1.807) is 0 Å². The molecule has 0 saturated carbocycles. The van der Waals surface area contributed by atoms with Gasteiger partial charge in [-0.1, -0.05) is 0 Å². The Morgan fingerprint density at radius 3 is 2.90 bits per heavy atom. The number of hydrogen-bond donors (Lipinski definition) is 2. The molecule has 2 N–H and O–H groups in total. The third kappa shape index (κ3) is 2.49. The highest BCUT2D eigenvalue weighted by Gasteiger charge is 2.19. The van der Waals surface area contributed by atoms with Gasteiger partial charge in [-0.15, -0.1) is 0 Å². The molecule has 5 heteroatoms. The quantitative estimate of drug-likeness (QED) is 0.889. The number of aromatic amines is 1. The molecule has 5 nitrogen and oxygen atoms in total. The standard InChI is InChI=1S/C16H19N3O2/c1-2-12(9-17-5-1)16-18-10-13(19-16)11-3-4-14-15(8-11)21-7-6-20-14/h3-4,8,10,12,17H,1-2,5-7,9H2,(H,18,19). The van der Waals surface area contributed by atoms with Crippen molar-refractivity contribution in [3.63, 3.8) is 0 Å². The fraction of sp³-hybridized carbons (Fsp3) is 0.438. The molecule has 110 valence electrons. The van der Waals surface area contributed by atoms with Crippen molar-refractivity contribution in [2.75, 3.05) is 26.3 Å². The van der Waals surface area contributed by atoms with Gasteiger partial charge in [-0.3, -0.25) is 0 Å². The number of hydrogen-bond acceptors (Lipinski definition) is 4. The van der Waals surface area contributed by atoms with Crippen molar-refractivity contribution in [1.82, 2.24) is 15.3 Å². The van der Waals surface area contributed by atoms with Crippen LogP contribution >= 0.6 is 0 Å². The van der Waals surface area contributed by atoms with E-state index in [9.17, 15) is 0 Å². The zero-order valence-corrected chi connectivity index (χ0v) is 11.9. The van der Waals surface area contributed by atoms with Crippen molar-refractivity contribution in [2.45, 2.75) is 18.8 Å². The van der Waals surface area contributed by atoms with Crippen LogP contribution in [0.4, 0.5) is 0 Å². The monoisotopic (exact) mass is 285 g/mol. The lowest BCUT2D eigenvalue weighted by molar-refractivity contribution is 0.171. The molecule has 0 aliphatic carbocycles. The smallest absolute Gasteiger partial charge is 0.162 e. The first kappa shape index (κ1) is 12.7. The Bertz CT molecular complexity index is 632. The Morgan fingerprint density at radius 2 is 2.05 bits per heavy atom. The third-order valence-corrected chi connectivity index (χ3v) is 4.13. The van der Waals surface area contributed by atoms with Gasteiger partial charge in [0.15, 0.2) is 11.5 Å². The average Bonchev–Trinajstić information content (AvgIpc) is 3.05. The number of nitrogens with zero attached hydrogens (tertiary/aromatic N) is 1. The largest absolute Gasteiger partial charge is 0.486 e. The second-order valence-corrected chi connectivity index (χ2v) is 5.58. The SMILES string of the molecule is c1cc2c(cc1-c1cnc(C3CCCNC3)[nH]1)OCCO2. The Labute approximate surface area is 123 Å². The van der Waals surface area contributed by atoms with Crippen LogP contribution in [0.15, 0.2) is 24.4 Å². The zero-order valence-electron chi connectivity index (χ0n) is 11.9. The molecule has 1 aromatic heterocycles. The van der Waals surface area contributed by atoms with Crippen molar-refractivity contribution in [3.05, 3.63) is 30.2 Å². The van der Waals surface area contributed by atoms with E-state index < -0.39 is 0 Å². The molecule has 1 fully saturated rings. The van der Waals surface area contributed by atoms with Crippen LogP contribution in [0.25, 0.3) is 11.3 Å². The van der Waals surface area contributed by atoms with E-state index in [-0.39, 0.29) is 0 Å². The van der Waals surface area contributed by atoms with E-state index in [4.69, 9.17) is 9.47 Å². The number of nitrogens with one attached hydrogen (secondary N) is 2. The van der Waals surface area contributed by atoms with Gasteiger partial charge < -0.3 is 19.8 Å². The molecular weight excluding hydrogens is 266 g/mol. The Kier molecular flexibility index (Phi) is 3.27. The summed E-state index contributed by atoms with van der Waals surface area (Å²) < 4.78 is 11.2. The fourth-order valence-corrected chi connectivity index (χ4v) is 2.99. The van der Waals surface area contributed by atoms with Crippen LogP contribution in [0.3, 0.4) is 0 Å². The van der Waals surface area contributed by atoms with E-state index in [2.05, 4.69) is 15.3 Å². The lowest BCUT2D eigenvalue weighted by Crippen LogP contribution is -2.28. The van der Waals surface area contributed by atoms with Crippen molar-refractivity contribution >= 4 is 0 Å². The lowest BCUT2D eigenvalue weighted by Gasteiger charge is -2.20. The Balaban J connectivity index is 1.60. The van der Waals surface area contributed by atoms with Gasteiger partial charge in [0, 0.05) is 18.0 Å². The lowest BCUT2D eigenvalue weighted by atomic mass is 9.99. The van der Waals surface area contributed by atoms with E-state index in [0.29, 0.717) is 19.1 Å². The third-order valence-electron chi connectivity index (χ3n) is 4.13. The first-order valence-electron chi connectivity index (χ1n) is 7.56. The van der Waals surface area contributed by atoms with Crippen LogP contribution in [-0.2, 0) is 0 Å². The van der Waals surface area contributed by atoms with E-state index in [0.717, 1.165) is 41.7 Å². The second-order valence-electron chi connectivity index (χ2n) is 5.58. The predicted molar refractivity (Wildman–Crippen MR) is 79.9 cm³/mol. The second kappa shape index (κ2) is 5.41. The summed E-state index contributed by atoms with van der Waals surface area (Å²) in [6.07, 6.45) is 4.32. The van der Waals surface area contributed by atoms with Crippen LogP contribution < -0.4 is 14.8 Å². The van der Waals surface area contributed by atoms with Crippen LogP contribution in [-0.4, -0.2) is 36.3 Å². The maximum Gasteiger partial charge on any atom is 0.162 e. The summed E-state index contributed by atoms with van der Waals surface area (Å²) in [5.74, 6) is 3.20. The first-order chi connectivity index (χ1) is 10.4. The predicted octanol–water partition coefficient (Wildman–Crippen LogP) is 2.31. The number of fused-ring (bicyclic) bond motifs is 1. The molecule has 4 rings (SSSR count). The van der Waals surface area contributed by atoms with Gasteiger partial charge in [0.2, 0.25) is 0 Å². The minimum absolute atomic E-state index is 0.490. The summed E-state index contributed by atoms with van der Waals surface area (Å²) in [6.45, 7) is 3.36.